The number of rotatable bonds is 6. The van der Waals surface area contributed by atoms with Crippen molar-refractivity contribution < 1.29 is 13.6 Å². The number of nitrogens with two attached hydrogens (primary N) is 1. The molecule has 94 valence electrons. The maximum absolute atomic E-state index is 12.9. The lowest BCUT2D eigenvalue weighted by Crippen LogP contribution is -2.26. The van der Waals surface area contributed by atoms with Crippen molar-refractivity contribution in [3.63, 3.8) is 0 Å². The Balaban J connectivity index is 2.37. The first-order valence-electron chi connectivity index (χ1n) is 5.54. The Kier molecular flexibility index (Phi) is 5.56. The van der Waals surface area contributed by atoms with Crippen LogP contribution in [0.4, 0.5) is 8.78 Å². The van der Waals surface area contributed by atoms with Crippen LogP contribution in [0.5, 0.6) is 0 Å². The van der Waals surface area contributed by atoms with Crippen LogP contribution in [-0.4, -0.2) is 19.0 Å². The molecule has 0 aliphatic carbocycles. The van der Waals surface area contributed by atoms with Gasteiger partial charge in [0.2, 0.25) is 5.91 Å². The number of hydrogen-bond donors (Lipinski definition) is 2. The van der Waals surface area contributed by atoms with Gasteiger partial charge in [-0.05, 0) is 37.1 Å². The molecule has 5 heteroatoms. The summed E-state index contributed by atoms with van der Waals surface area (Å²) >= 11 is 0. The average molecular weight is 242 g/mol. The molecule has 0 bridgehead atoms. The number of benzene rings is 1. The highest BCUT2D eigenvalue weighted by molar-refractivity contribution is 5.78. The number of nitrogens with one attached hydrogen (secondary N) is 1. The lowest BCUT2D eigenvalue weighted by molar-refractivity contribution is -0.120. The predicted molar refractivity (Wildman–Crippen MR) is 61.4 cm³/mol. The van der Waals surface area contributed by atoms with Crippen molar-refractivity contribution in [1.82, 2.24) is 5.32 Å². The highest BCUT2D eigenvalue weighted by Crippen LogP contribution is 2.09. The third-order valence-electron chi connectivity index (χ3n) is 2.30. The van der Waals surface area contributed by atoms with Crippen molar-refractivity contribution in [1.29, 1.82) is 0 Å². The first-order valence-corrected chi connectivity index (χ1v) is 5.54. The normalized spacial score (nSPS) is 10.3. The summed E-state index contributed by atoms with van der Waals surface area (Å²) in [6, 6.07) is 3.46. The molecule has 3 nitrogen and oxygen atoms in total. The minimum atomic E-state index is -0.932. The molecular weight excluding hydrogens is 226 g/mol. The molecule has 1 rings (SSSR count). The highest BCUT2D eigenvalue weighted by atomic mass is 19.2. The Morgan fingerprint density at radius 1 is 1.24 bits per heavy atom. The fourth-order valence-electron chi connectivity index (χ4n) is 1.39. The van der Waals surface area contributed by atoms with E-state index in [-0.39, 0.29) is 12.3 Å². The molecule has 3 N–H and O–H groups in total. The summed E-state index contributed by atoms with van der Waals surface area (Å²) in [5.41, 5.74) is 5.77. The molecule has 1 aromatic carbocycles. The van der Waals surface area contributed by atoms with E-state index >= 15 is 0 Å². The maximum atomic E-state index is 12.9. The number of unbranched alkanes of at least 4 members (excludes halogenated alkanes) is 1. The van der Waals surface area contributed by atoms with Gasteiger partial charge in [0.25, 0.3) is 0 Å². The Hall–Kier alpha value is -1.49. The quantitative estimate of drug-likeness (QED) is 0.740. The second-order valence-corrected chi connectivity index (χ2v) is 3.77. The Morgan fingerprint density at radius 3 is 2.65 bits per heavy atom. The molecule has 0 aliphatic rings. The van der Waals surface area contributed by atoms with Crippen LogP contribution in [0.2, 0.25) is 0 Å². The van der Waals surface area contributed by atoms with Gasteiger partial charge in [0.15, 0.2) is 11.6 Å². The first kappa shape index (κ1) is 13.6. The number of amides is 1. The van der Waals surface area contributed by atoms with Crippen molar-refractivity contribution >= 4 is 5.91 Å². The van der Waals surface area contributed by atoms with E-state index in [4.69, 9.17) is 5.73 Å². The van der Waals surface area contributed by atoms with Crippen molar-refractivity contribution in [2.75, 3.05) is 13.1 Å². The van der Waals surface area contributed by atoms with E-state index < -0.39 is 11.6 Å². The van der Waals surface area contributed by atoms with Crippen LogP contribution in [-0.2, 0) is 11.2 Å². The lowest BCUT2D eigenvalue weighted by atomic mass is 10.1. The molecule has 1 aromatic rings. The second-order valence-electron chi connectivity index (χ2n) is 3.77. The molecule has 0 radical (unpaired) electrons. The third-order valence-corrected chi connectivity index (χ3v) is 2.30. The van der Waals surface area contributed by atoms with Crippen LogP contribution in [0, 0.1) is 11.6 Å². The predicted octanol–water partition coefficient (Wildman–Crippen LogP) is 1.36. The summed E-state index contributed by atoms with van der Waals surface area (Å²) in [4.78, 5) is 11.4. The van der Waals surface area contributed by atoms with E-state index in [9.17, 15) is 13.6 Å². The Morgan fingerprint density at radius 2 is 2.00 bits per heavy atom. The van der Waals surface area contributed by atoms with Gasteiger partial charge in [-0.3, -0.25) is 4.79 Å². The summed E-state index contributed by atoms with van der Waals surface area (Å²) in [5, 5.41) is 2.69. The monoisotopic (exact) mass is 242 g/mol. The van der Waals surface area contributed by atoms with Gasteiger partial charge in [-0.15, -0.1) is 0 Å². The van der Waals surface area contributed by atoms with Crippen LogP contribution in [0.25, 0.3) is 0 Å². The van der Waals surface area contributed by atoms with Gasteiger partial charge in [-0.1, -0.05) is 6.07 Å². The van der Waals surface area contributed by atoms with Gasteiger partial charge >= 0.3 is 0 Å². The molecular formula is C12H16F2N2O. The number of carbonyl (C=O) groups is 1. The number of halogens is 2. The van der Waals surface area contributed by atoms with Crippen LogP contribution in [0.1, 0.15) is 18.4 Å². The third kappa shape index (κ3) is 4.91. The van der Waals surface area contributed by atoms with Gasteiger partial charge in [0.05, 0.1) is 6.42 Å². The summed E-state index contributed by atoms with van der Waals surface area (Å²) in [6.45, 7) is 1.15. The molecule has 0 fully saturated rings. The first-order chi connectivity index (χ1) is 8.13. The smallest absolute Gasteiger partial charge is 0.224 e. The second kappa shape index (κ2) is 6.96. The Labute approximate surface area is 99.0 Å². The van der Waals surface area contributed by atoms with E-state index in [1.807, 2.05) is 0 Å². The van der Waals surface area contributed by atoms with Crippen molar-refractivity contribution in [2.24, 2.45) is 5.73 Å². The fourth-order valence-corrected chi connectivity index (χ4v) is 1.39. The standard InChI is InChI=1S/C12H16F2N2O/c13-10-4-3-9(7-11(10)14)8-12(17)16-6-2-1-5-15/h3-4,7H,1-2,5-6,8,15H2,(H,16,17). The molecule has 0 heterocycles. The summed E-state index contributed by atoms with van der Waals surface area (Å²) in [5.74, 6) is -2.04. The van der Waals surface area contributed by atoms with Crippen LogP contribution in [0.3, 0.4) is 0 Å². The van der Waals surface area contributed by atoms with Crippen molar-refractivity contribution in [3.05, 3.63) is 35.4 Å². The highest BCUT2D eigenvalue weighted by Gasteiger charge is 2.06. The van der Waals surface area contributed by atoms with Gasteiger partial charge < -0.3 is 11.1 Å². The molecule has 0 atom stereocenters. The molecule has 1 amide bonds. The molecule has 0 aromatic heterocycles. The van der Waals surface area contributed by atoms with E-state index in [2.05, 4.69) is 5.32 Å². The molecule has 0 unspecified atom stereocenters. The molecule has 17 heavy (non-hydrogen) atoms. The molecule has 0 aliphatic heterocycles. The topological polar surface area (TPSA) is 55.1 Å². The summed E-state index contributed by atoms with van der Waals surface area (Å²) in [7, 11) is 0. The zero-order chi connectivity index (χ0) is 12.7. The maximum Gasteiger partial charge on any atom is 0.224 e. The average Bonchev–Trinajstić information content (AvgIpc) is 2.30. The summed E-state index contributed by atoms with van der Waals surface area (Å²) in [6.07, 6.45) is 1.73. The van der Waals surface area contributed by atoms with Gasteiger partial charge in [-0.2, -0.15) is 0 Å². The SMILES string of the molecule is NCCCCNC(=O)Cc1ccc(F)c(F)c1. The van der Waals surface area contributed by atoms with Gasteiger partial charge in [0, 0.05) is 6.54 Å². The summed E-state index contributed by atoms with van der Waals surface area (Å²) < 4.78 is 25.5. The minimum Gasteiger partial charge on any atom is -0.356 e. The van der Waals surface area contributed by atoms with Gasteiger partial charge in [0.1, 0.15) is 0 Å². The van der Waals surface area contributed by atoms with Crippen LogP contribution in [0.15, 0.2) is 18.2 Å². The largest absolute Gasteiger partial charge is 0.356 e. The zero-order valence-corrected chi connectivity index (χ0v) is 9.51. The fraction of sp³-hybridized carbons (Fsp3) is 0.417. The number of hydrogen-bond acceptors (Lipinski definition) is 2. The lowest BCUT2D eigenvalue weighted by Gasteiger charge is -2.05. The number of carbonyl (C=O) groups excluding carboxylic acids is 1. The van der Waals surface area contributed by atoms with Crippen molar-refractivity contribution in [3.8, 4) is 0 Å². The molecule has 0 saturated carbocycles. The minimum absolute atomic E-state index is 0.0554. The van der Waals surface area contributed by atoms with Crippen molar-refractivity contribution in [2.45, 2.75) is 19.3 Å². The van der Waals surface area contributed by atoms with E-state index in [0.29, 0.717) is 18.7 Å². The van der Waals surface area contributed by atoms with Crippen LogP contribution < -0.4 is 11.1 Å². The van der Waals surface area contributed by atoms with E-state index in [1.165, 1.54) is 6.07 Å². The van der Waals surface area contributed by atoms with E-state index in [1.54, 1.807) is 0 Å². The van der Waals surface area contributed by atoms with E-state index in [0.717, 1.165) is 25.0 Å². The molecule has 0 saturated heterocycles. The molecule has 0 spiro atoms. The van der Waals surface area contributed by atoms with Gasteiger partial charge in [-0.25, -0.2) is 8.78 Å². The van der Waals surface area contributed by atoms with Crippen LogP contribution >= 0.6 is 0 Å². The Bertz CT molecular complexity index is 383. The zero-order valence-electron chi connectivity index (χ0n) is 9.51.